The zero-order valence-corrected chi connectivity index (χ0v) is 9.32. The molecule has 2 atom stereocenters. The van der Waals surface area contributed by atoms with E-state index in [1.165, 1.54) is 0 Å². The van der Waals surface area contributed by atoms with E-state index in [0.717, 1.165) is 12.8 Å². The van der Waals surface area contributed by atoms with Crippen molar-refractivity contribution in [1.29, 1.82) is 0 Å². The summed E-state index contributed by atoms with van der Waals surface area (Å²) in [6.45, 7) is 4.48. The molecule has 86 valence electrons. The first-order valence-electron chi connectivity index (χ1n) is 5.36. The fraction of sp³-hybridized carbons (Fsp3) is 0.800. The summed E-state index contributed by atoms with van der Waals surface area (Å²) in [6.07, 6.45) is 2.39. The molecule has 2 unspecified atom stereocenters. The zero-order valence-electron chi connectivity index (χ0n) is 9.32. The number of hydrazine groups is 1. The quantitative estimate of drug-likeness (QED) is 0.385. The number of likely N-dealkylation sites (tertiary alicyclic amines) is 1. The Morgan fingerprint density at radius 3 is 2.87 bits per heavy atom. The molecule has 0 aromatic carbocycles. The number of nitrogens with two attached hydrogens (primary N) is 1. The normalized spacial score (nSPS) is 24.6. The molecule has 0 aliphatic carbocycles. The summed E-state index contributed by atoms with van der Waals surface area (Å²) >= 11 is 0. The van der Waals surface area contributed by atoms with E-state index < -0.39 is 6.04 Å². The van der Waals surface area contributed by atoms with Gasteiger partial charge in [0.2, 0.25) is 5.91 Å². The van der Waals surface area contributed by atoms with Gasteiger partial charge in [0.25, 0.3) is 5.91 Å². The highest BCUT2D eigenvalue weighted by molar-refractivity contribution is 5.87. The molecule has 1 aliphatic heterocycles. The average molecular weight is 213 g/mol. The van der Waals surface area contributed by atoms with Crippen molar-refractivity contribution in [2.24, 2.45) is 11.8 Å². The predicted octanol–water partition coefficient (Wildman–Crippen LogP) is 0.0134. The fourth-order valence-corrected chi connectivity index (χ4v) is 1.81. The third-order valence-corrected chi connectivity index (χ3v) is 3.02. The molecule has 15 heavy (non-hydrogen) atoms. The largest absolute Gasteiger partial charge is 0.331 e. The predicted molar refractivity (Wildman–Crippen MR) is 56.5 cm³/mol. The molecule has 1 aliphatic rings. The Balaban J connectivity index is 2.66. The minimum Gasteiger partial charge on any atom is -0.331 e. The topological polar surface area (TPSA) is 75.4 Å². The maximum Gasteiger partial charge on any atom is 0.256 e. The molecule has 5 heteroatoms. The van der Waals surface area contributed by atoms with Crippen LogP contribution in [0.1, 0.15) is 33.1 Å². The molecule has 1 saturated heterocycles. The van der Waals surface area contributed by atoms with Gasteiger partial charge in [-0.2, -0.15) is 0 Å². The van der Waals surface area contributed by atoms with Gasteiger partial charge in [0, 0.05) is 13.0 Å². The van der Waals surface area contributed by atoms with Crippen molar-refractivity contribution < 1.29 is 9.59 Å². The van der Waals surface area contributed by atoms with Gasteiger partial charge in [-0.05, 0) is 25.7 Å². The first kappa shape index (κ1) is 12.0. The molecular formula is C10H19N3O2. The highest BCUT2D eigenvalue weighted by Gasteiger charge is 2.27. The molecule has 0 radical (unpaired) electrons. The minimum absolute atomic E-state index is 0.0513. The minimum atomic E-state index is -0.465. The molecule has 1 rings (SSSR count). The highest BCUT2D eigenvalue weighted by atomic mass is 16.2. The third-order valence-electron chi connectivity index (χ3n) is 3.02. The average Bonchev–Trinajstić information content (AvgIpc) is 2.39. The number of rotatable bonds is 2. The van der Waals surface area contributed by atoms with Crippen molar-refractivity contribution in [3.63, 3.8) is 0 Å². The molecular weight excluding hydrogens is 194 g/mol. The molecule has 3 N–H and O–H groups in total. The second kappa shape index (κ2) is 5.11. The zero-order chi connectivity index (χ0) is 11.4. The summed E-state index contributed by atoms with van der Waals surface area (Å²) in [6, 6.07) is -0.465. The van der Waals surface area contributed by atoms with Crippen molar-refractivity contribution in [1.82, 2.24) is 10.3 Å². The lowest BCUT2D eigenvalue weighted by atomic mass is 10.0. The van der Waals surface area contributed by atoms with E-state index >= 15 is 0 Å². The third kappa shape index (κ3) is 2.92. The van der Waals surface area contributed by atoms with Gasteiger partial charge in [-0.3, -0.25) is 15.0 Å². The monoisotopic (exact) mass is 213 g/mol. The van der Waals surface area contributed by atoms with Gasteiger partial charge >= 0.3 is 0 Å². The second-order valence-electron chi connectivity index (χ2n) is 4.20. The number of amides is 2. The van der Waals surface area contributed by atoms with E-state index in [9.17, 15) is 9.59 Å². The Hall–Kier alpha value is -1.10. The van der Waals surface area contributed by atoms with Crippen LogP contribution in [0.25, 0.3) is 0 Å². The van der Waals surface area contributed by atoms with Gasteiger partial charge in [0.1, 0.15) is 6.04 Å². The maximum atomic E-state index is 11.7. The number of nitrogens with zero attached hydrogens (tertiary/aromatic N) is 1. The lowest BCUT2D eigenvalue weighted by Crippen LogP contribution is -2.49. The number of carbonyl (C=O) groups excluding carboxylic acids is 2. The maximum absolute atomic E-state index is 11.7. The van der Waals surface area contributed by atoms with Crippen LogP contribution in [-0.4, -0.2) is 29.3 Å². The van der Waals surface area contributed by atoms with E-state index in [4.69, 9.17) is 5.84 Å². The standard InChI is InChI=1S/C10H19N3O2/c1-7-3-4-9(14)13(6-5-7)8(2)10(15)12-11/h7-8H,3-6,11H2,1-2H3,(H,12,15). The van der Waals surface area contributed by atoms with Crippen molar-refractivity contribution >= 4 is 11.8 Å². The summed E-state index contributed by atoms with van der Waals surface area (Å²) in [5.74, 6) is 5.35. The fourth-order valence-electron chi connectivity index (χ4n) is 1.81. The van der Waals surface area contributed by atoms with Gasteiger partial charge in [0.05, 0.1) is 0 Å². The molecule has 1 fully saturated rings. The smallest absolute Gasteiger partial charge is 0.256 e. The van der Waals surface area contributed by atoms with Gasteiger partial charge in [-0.25, -0.2) is 5.84 Å². The number of hydrogen-bond donors (Lipinski definition) is 2. The Morgan fingerprint density at radius 2 is 2.27 bits per heavy atom. The van der Waals surface area contributed by atoms with Crippen molar-refractivity contribution in [2.75, 3.05) is 6.54 Å². The van der Waals surface area contributed by atoms with Gasteiger partial charge in [-0.15, -0.1) is 0 Å². The highest BCUT2D eigenvalue weighted by Crippen LogP contribution is 2.19. The van der Waals surface area contributed by atoms with E-state index in [-0.39, 0.29) is 11.8 Å². The van der Waals surface area contributed by atoms with Gasteiger partial charge in [0.15, 0.2) is 0 Å². The first-order valence-corrected chi connectivity index (χ1v) is 5.36. The van der Waals surface area contributed by atoms with E-state index in [2.05, 4.69) is 12.3 Å². The van der Waals surface area contributed by atoms with Crippen LogP contribution in [0.5, 0.6) is 0 Å². The molecule has 0 saturated carbocycles. The summed E-state index contributed by atoms with van der Waals surface area (Å²) in [4.78, 5) is 24.7. The molecule has 0 aromatic rings. The number of nitrogens with one attached hydrogen (secondary N) is 1. The van der Waals surface area contributed by atoms with Crippen LogP contribution in [0.3, 0.4) is 0 Å². The van der Waals surface area contributed by atoms with Crippen LogP contribution in [0.15, 0.2) is 0 Å². The number of hydrogen-bond acceptors (Lipinski definition) is 3. The molecule has 0 aromatic heterocycles. The Kier molecular flexibility index (Phi) is 4.08. The van der Waals surface area contributed by atoms with Crippen LogP contribution in [0, 0.1) is 5.92 Å². The summed E-state index contributed by atoms with van der Waals surface area (Å²) in [5.41, 5.74) is 2.08. The number of carbonyl (C=O) groups is 2. The lowest BCUT2D eigenvalue weighted by molar-refractivity contribution is -0.139. The van der Waals surface area contributed by atoms with Gasteiger partial charge in [-0.1, -0.05) is 6.92 Å². The first-order chi connectivity index (χ1) is 7.06. The van der Waals surface area contributed by atoms with Crippen molar-refractivity contribution in [3.05, 3.63) is 0 Å². The summed E-state index contributed by atoms with van der Waals surface area (Å²) in [7, 11) is 0. The van der Waals surface area contributed by atoms with E-state index in [1.807, 2.05) is 0 Å². The van der Waals surface area contributed by atoms with Crippen LogP contribution in [-0.2, 0) is 9.59 Å². The summed E-state index contributed by atoms with van der Waals surface area (Å²) in [5, 5.41) is 0. The summed E-state index contributed by atoms with van der Waals surface area (Å²) < 4.78 is 0. The Labute approximate surface area is 90.0 Å². The van der Waals surface area contributed by atoms with Crippen molar-refractivity contribution in [2.45, 2.75) is 39.2 Å². The van der Waals surface area contributed by atoms with Gasteiger partial charge < -0.3 is 4.90 Å². The SMILES string of the molecule is CC1CCC(=O)N(C(C)C(=O)NN)CC1. The van der Waals surface area contributed by atoms with Crippen LogP contribution in [0.2, 0.25) is 0 Å². The molecule has 1 heterocycles. The van der Waals surface area contributed by atoms with E-state index in [0.29, 0.717) is 18.9 Å². The lowest BCUT2D eigenvalue weighted by Gasteiger charge is -2.26. The van der Waals surface area contributed by atoms with Crippen molar-refractivity contribution in [3.8, 4) is 0 Å². The molecule has 2 amide bonds. The second-order valence-corrected chi connectivity index (χ2v) is 4.20. The van der Waals surface area contributed by atoms with E-state index in [1.54, 1.807) is 11.8 Å². The molecule has 0 bridgehead atoms. The van der Waals surface area contributed by atoms with Crippen LogP contribution < -0.4 is 11.3 Å². The van der Waals surface area contributed by atoms with Crippen LogP contribution in [0.4, 0.5) is 0 Å². The molecule has 0 spiro atoms. The molecule has 5 nitrogen and oxygen atoms in total. The Bertz CT molecular complexity index is 255. The Morgan fingerprint density at radius 1 is 1.60 bits per heavy atom. The van der Waals surface area contributed by atoms with Crippen LogP contribution >= 0.6 is 0 Å².